The molecule has 2 aromatic rings. The van der Waals surface area contributed by atoms with Crippen LogP contribution in [0.5, 0.6) is 0 Å². The number of hydrogen-bond acceptors (Lipinski definition) is 0. The number of allylic oxidation sites excluding steroid dienone is 8. The van der Waals surface area contributed by atoms with E-state index in [1.54, 1.807) is 29.1 Å². The zero-order valence-electron chi connectivity index (χ0n) is 13.0. The number of rotatable bonds is 1. The van der Waals surface area contributed by atoms with Crippen LogP contribution in [0.1, 0.15) is 12.8 Å². The molecule has 2 aliphatic rings. The summed E-state index contributed by atoms with van der Waals surface area (Å²) in [5.74, 6) is -1.37. The third kappa shape index (κ3) is 7.07. The Morgan fingerprint density at radius 3 is 1.83 bits per heavy atom. The molecule has 1 radical (unpaired) electrons. The van der Waals surface area contributed by atoms with Gasteiger partial charge in [-0.15, -0.1) is 31.0 Å². The molecule has 0 N–H and O–H groups in total. The van der Waals surface area contributed by atoms with E-state index in [4.69, 9.17) is 0 Å². The van der Waals surface area contributed by atoms with Gasteiger partial charge in [-0.2, -0.15) is 12.2 Å². The van der Waals surface area contributed by atoms with Crippen molar-refractivity contribution in [2.45, 2.75) is 12.8 Å². The number of nitrogens with zero attached hydrogens (tertiary/aromatic N) is 1. The van der Waals surface area contributed by atoms with Crippen LogP contribution in [0.2, 0.25) is 0 Å². The largest absolute Gasteiger partial charge is 3.00 e. The topological polar surface area (TPSA) is 4.93 Å². The summed E-state index contributed by atoms with van der Waals surface area (Å²) in [7, 11) is 0. The zero-order valence-corrected chi connectivity index (χ0v) is 14.6. The Labute approximate surface area is 156 Å². The van der Waals surface area contributed by atoms with Crippen LogP contribution in [0.25, 0.3) is 5.69 Å². The minimum absolute atomic E-state index is 0. The number of benzene rings is 1. The van der Waals surface area contributed by atoms with Gasteiger partial charge in [0.05, 0.1) is 0 Å². The second kappa shape index (κ2) is 11.6. The van der Waals surface area contributed by atoms with Gasteiger partial charge in [0.1, 0.15) is 0 Å². The van der Waals surface area contributed by atoms with Gasteiger partial charge < -0.3 is 4.57 Å². The Morgan fingerprint density at radius 2 is 1.46 bits per heavy atom. The van der Waals surface area contributed by atoms with Crippen LogP contribution in [0, 0.1) is 29.9 Å². The van der Waals surface area contributed by atoms with Gasteiger partial charge in [-0.1, -0.05) is 0 Å². The normalized spacial score (nSPS) is 12.9. The summed E-state index contributed by atoms with van der Waals surface area (Å²) in [4.78, 5) is 0. The first-order chi connectivity index (χ1) is 11.3. The fourth-order valence-corrected chi connectivity index (χ4v) is 1.81. The summed E-state index contributed by atoms with van der Waals surface area (Å²) in [6.07, 6.45) is 23.4. The monoisotopic (exact) mass is 356 g/mol. The van der Waals surface area contributed by atoms with Crippen molar-refractivity contribution in [2.75, 3.05) is 0 Å². The fraction of sp³-hybridized carbons (Fsp3) is 0.100. The molecule has 1 aromatic heterocycles. The average Bonchev–Trinajstić information content (AvgIpc) is 3.31. The molecule has 0 fully saturated rings. The van der Waals surface area contributed by atoms with Crippen molar-refractivity contribution in [3.05, 3.63) is 103 Å². The summed E-state index contributed by atoms with van der Waals surface area (Å²) < 4.78 is 27.1. The Kier molecular flexibility index (Phi) is 9.66. The molecule has 0 aliphatic heterocycles. The van der Waals surface area contributed by atoms with E-state index in [9.17, 15) is 8.78 Å². The van der Waals surface area contributed by atoms with Crippen LogP contribution >= 0.6 is 0 Å². The number of halogens is 2. The van der Waals surface area contributed by atoms with Crippen molar-refractivity contribution in [1.82, 2.24) is 4.57 Å². The molecule has 1 aromatic carbocycles. The Balaban J connectivity index is 0.000000216. The molecule has 0 atom stereocenters. The Bertz CT molecular complexity index is 671. The molecule has 0 amide bonds. The summed E-state index contributed by atoms with van der Waals surface area (Å²) in [5, 5.41) is 0. The molecule has 1 nitrogen and oxygen atoms in total. The number of aromatic nitrogens is 1. The SMILES string of the molecule is Fc1[c-]c(F)c(-n2cccc2)cc1.[C-]1=CC=CC1.[C-]1=CC=CC1.[Ti+3]. The van der Waals surface area contributed by atoms with E-state index in [0.717, 1.165) is 12.8 Å². The van der Waals surface area contributed by atoms with E-state index in [-0.39, 0.29) is 21.7 Å². The third-order valence-corrected chi connectivity index (χ3v) is 2.90. The fourth-order valence-electron chi connectivity index (χ4n) is 1.81. The van der Waals surface area contributed by atoms with E-state index in [2.05, 4.69) is 24.3 Å². The summed E-state index contributed by atoms with van der Waals surface area (Å²) >= 11 is 0. The Morgan fingerprint density at radius 1 is 0.875 bits per heavy atom. The molecule has 0 spiro atoms. The minimum atomic E-state index is -0.687. The summed E-state index contributed by atoms with van der Waals surface area (Å²) in [5.41, 5.74) is 0.298. The standard InChI is InChI=1S/C10H6F2N.2C5H5.Ti/c11-8-3-4-10(9(12)7-8)13-5-1-2-6-13;2*1-2-4-5-3-1;/h1-6H;2*1-3H,4H2;/q3*-1;+3. The molecule has 0 unspecified atom stereocenters. The van der Waals surface area contributed by atoms with Crippen LogP contribution in [0.4, 0.5) is 8.78 Å². The predicted molar refractivity (Wildman–Crippen MR) is 87.7 cm³/mol. The number of hydrogen-bond donors (Lipinski definition) is 0. The first-order valence-electron chi connectivity index (χ1n) is 7.21. The van der Waals surface area contributed by atoms with E-state index in [1.165, 1.54) is 12.1 Å². The molecule has 119 valence electrons. The van der Waals surface area contributed by atoms with Crippen molar-refractivity contribution in [3.63, 3.8) is 0 Å². The van der Waals surface area contributed by atoms with Gasteiger partial charge in [-0.05, 0) is 30.2 Å². The van der Waals surface area contributed by atoms with Gasteiger partial charge in [0.2, 0.25) is 0 Å². The van der Waals surface area contributed by atoms with Crippen LogP contribution in [-0.4, -0.2) is 4.57 Å². The van der Waals surface area contributed by atoms with E-state index in [1.807, 2.05) is 30.4 Å². The second-order valence-electron chi connectivity index (χ2n) is 4.60. The smallest absolute Gasteiger partial charge is 0.375 e. The molecule has 1 heterocycles. The van der Waals surface area contributed by atoms with Crippen molar-refractivity contribution >= 4 is 0 Å². The summed E-state index contributed by atoms with van der Waals surface area (Å²) in [6.45, 7) is 0. The molecule has 0 bridgehead atoms. The molecule has 0 saturated heterocycles. The summed E-state index contributed by atoms with van der Waals surface area (Å²) in [6, 6.07) is 8.06. The molecular formula is C20H16F2NTi. The molecule has 4 heteroatoms. The quantitative estimate of drug-likeness (QED) is 0.491. The van der Waals surface area contributed by atoms with E-state index < -0.39 is 11.6 Å². The van der Waals surface area contributed by atoms with Crippen molar-refractivity contribution in [3.8, 4) is 5.69 Å². The average molecular weight is 356 g/mol. The predicted octanol–water partition coefficient (Wildman–Crippen LogP) is 5.16. The first-order valence-corrected chi connectivity index (χ1v) is 7.21. The van der Waals surface area contributed by atoms with Gasteiger partial charge in [0, 0.05) is 11.6 Å². The van der Waals surface area contributed by atoms with Crippen LogP contribution < -0.4 is 0 Å². The maximum Gasteiger partial charge on any atom is 3.00 e. The van der Waals surface area contributed by atoms with E-state index >= 15 is 0 Å². The van der Waals surface area contributed by atoms with Gasteiger partial charge >= 0.3 is 21.7 Å². The molecule has 4 rings (SSSR count). The second-order valence-corrected chi connectivity index (χ2v) is 4.60. The van der Waals surface area contributed by atoms with Gasteiger partial charge in [0.25, 0.3) is 0 Å². The van der Waals surface area contributed by atoms with Crippen molar-refractivity contribution in [2.24, 2.45) is 0 Å². The van der Waals surface area contributed by atoms with Crippen molar-refractivity contribution in [1.29, 1.82) is 0 Å². The zero-order chi connectivity index (χ0) is 16.3. The molecule has 0 saturated carbocycles. The maximum atomic E-state index is 13.1. The van der Waals surface area contributed by atoms with E-state index in [0.29, 0.717) is 5.69 Å². The molecule has 2 aliphatic carbocycles. The van der Waals surface area contributed by atoms with Crippen LogP contribution in [-0.2, 0) is 21.7 Å². The van der Waals surface area contributed by atoms with Crippen molar-refractivity contribution < 1.29 is 30.5 Å². The van der Waals surface area contributed by atoms with Crippen LogP contribution in [0.3, 0.4) is 0 Å². The molecule has 24 heavy (non-hydrogen) atoms. The third-order valence-electron chi connectivity index (χ3n) is 2.90. The Hall–Kier alpha value is -1.97. The molecular weight excluding hydrogens is 340 g/mol. The first kappa shape index (κ1) is 20.1. The van der Waals surface area contributed by atoms with Gasteiger partial charge in [-0.25, -0.2) is 33.1 Å². The van der Waals surface area contributed by atoms with Gasteiger partial charge in [0.15, 0.2) is 0 Å². The van der Waals surface area contributed by atoms with Gasteiger partial charge in [-0.3, -0.25) is 12.2 Å². The van der Waals surface area contributed by atoms with Crippen LogP contribution in [0.15, 0.2) is 73.1 Å². The maximum absolute atomic E-state index is 13.1. The minimum Gasteiger partial charge on any atom is -0.375 e.